The summed E-state index contributed by atoms with van der Waals surface area (Å²) in [5.41, 5.74) is 3.93. The van der Waals surface area contributed by atoms with Crippen molar-refractivity contribution in [2.45, 2.75) is 75.9 Å². The second kappa shape index (κ2) is 8.66. The number of nitrogens with zero attached hydrogens (tertiary/aromatic N) is 2. The Morgan fingerprint density at radius 1 is 1.07 bits per heavy atom. The van der Waals surface area contributed by atoms with E-state index in [1.165, 1.54) is 25.0 Å². The van der Waals surface area contributed by atoms with Crippen LogP contribution in [0, 0.1) is 0 Å². The number of carbonyl (C=O) groups excluding carboxylic acids is 1. The van der Waals surface area contributed by atoms with Crippen LogP contribution in [0.15, 0.2) is 24.3 Å². The zero-order valence-corrected chi connectivity index (χ0v) is 18.1. The van der Waals surface area contributed by atoms with E-state index in [1.807, 2.05) is 28.9 Å². The fourth-order valence-electron chi connectivity index (χ4n) is 5.18. The van der Waals surface area contributed by atoms with Crippen molar-refractivity contribution in [1.29, 1.82) is 0 Å². The normalized spacial score (nSPS) is 25.6. The Bertz CT molecular complexity index is 868. The third kappa shape index (κ3) is 4.18. The van der Waals surface area contributed by atoms with Gasteiger partial charge in [0, 0.05) is 34.4 Å². The van der Waals surface area contributed by atoms with Crippen molar-refractivity contribution in [3.8, 4) is 5.69 Å². The van der Waals surface area contributed by atoms with Crippen LogP contribution in [0.4, 0.5) is 0 Å². The van der Waals surface area contributed by atoms with E-state index in [2.05, 4.69) is 10.6 Å². The molecule has 2 aliphatic heterocycles. The lowest BCUT2D eigenvalue weighted by molar-refractivity contribution is 0.0917. The topological polar surface area (TPSA) is 59.0 Å². The molecule has 29 heavy (non-hydrogen) atoms. The highest BCUT2D eigenvalue weighted by atomic mass is 35.5. The highest BCUT2D eigenvalue weighted by Gasteiger charge is 2.35. The molecule has 0 saturated carbocycles. The summed E-state index contributed by atoms with van der Waals surface area (Å²) >= 11 is 6.06. The van der Waals surface area contributed by atoms with E-state index in [1.54, 1.807) is 0 Å². The molecular formula is C22H28Cl2N4O. The Kier molecular flexibility index (Phi) is 6.19. The number of piperidine rings is 1. The number of aromatic nitrogens is 2. The maximum absolute atomic E-state index is 13.2. The van der Waals surface area contributed by atoms with Crippen molar-refractivity contribution in [2.24, 2.45) is 0 Å². The molecule has 2 saturated heterocycles. The number of amides is 1. The number of rotatable bonds is 3. The SMILES string of the molecule is Cl.O=C(NC1CC2CCC(C1)N2)c1nn(-c2ccc(Cl)cc2)c2c1CCCCC2. The summed E-state index contributed by atoms with van der Waals surface area (Å²) in [6, 6.07) is 9.10. The third-order valence-corrected chi connectivity index (χ3v) is 6.78. The van der Waals surface area contributed by atoms with Gasteiger partial charge in [0.05, 0.1) is 5.69 Å². The van der Waals surface area contributed by atoms with E-state index >= 15 is 0 Å². The maximum Gasteiger partial charge on any atom is 0.272 e. The highest BCUT2D eigenvalue weighted by Crippen LogP contribution is 2.29. The molecule has 2 bridgehead atoms. The summed E-state index contributed by atoms with van der Waals surface area (Å²) < 4.78 is 1.97. The van der Waals surface area contributed by atoms with E-state index in [0.717, 1.165) is 49.8 Å². The molecule has 1 aromatic carbocycles. The first-order chi connectivity index (χ1) is 13.7. The first-order valence-electron chi connectivity index (χ1n) is 10.6. The second-order valence-electron chi connectivity index (χ2n) is 8.50. The fraction of sp³-hybridized carbons (Fsp3) is 0.545. The molecule has 7 heteroatoms. The van der Waals surface area contributed by atoms with E-state index < -0.39 is 0 Å². The van der Waals surface area contributed by atoms with Crippen LogP contribution in [-0.2, 0) is 12.8 Å². The maximum atomic E-state index is 13.2. The molecule has 1 aromatic heterocycles. The van der Waals surface area contributed by atoms with Crippen LogP contribution in [0.1, 0.15) is 66.7 Å². The quantitative estimate of drug-likeness (QED) is 0.710. The Balaban J connectivity index is 0.00000205. The number of nitrogens with one attached hydrogen (secondary N) is 2. The molecule has 0 spiro atoms. The molecule has 3 heterocycles. The van der Waals surface area contributed by atoms with Gasteiger partial charge >= 0.3 is 0 Å². The van der Waals surface area contributed by atoms with E-state index in [4.69, 9.17) is 16.7 Å². The molecule has 1 amide bonds. The minimum absolute atomic E-state index is 0. The summed E-state index contributed by atoms with van der Waals surface area (Å²) in [5, 5.41) is 12.5. The molecule has 156 valence electrons. The van der Waals surface area contributed by atoms with Gasteiger partial charge in [-0.1, -0.05) is 18.0 Å². The Hall–Kier alpha value is -1.56. The van der Waals surface area contributed by atoms with Crippen molar-refractivity contribution in [3.63, 3.8) is 0 Å². The molecular weight excluding hydrogens is 407 g/mol. The molecule has 2 atom stereocenters. The number of halogens is 2. The largest absolute Gasteiger partial charge is 0.348 e. The Morgan fingerprint density at radius 2 is 1.76 bits per heavy atom. The summed E-state index contributed by atoms with van der Waals surface area (Å²) in [7, 11) is 0. The Labute approximate surface area is 183 Å². The smallest absolute Gasteiger partial charge is 0.272 e. The molecule has 2 fully saturated rings. The lowest BCUT2D eigenvalue weighted by atomic mass is 9.99. The zero-order valence-electron chi connectivity index (χ0n) is 16.5. The van der Waals surface area contributed by atoms with Crippen molar-refractivity contribution in [2.75, 3.05) is 0 Å². The van der Waals surface area contributed by atoms with Gasteiger partial charge < -0.3 is 10.6 Å². The van der Waals surface area contributed by atoms with Gasteiger partial charge in [-0.25, -0.2) is 4.68 Å². The van der Waals surface area contributed by atoms with Gasteiger partial charge in [0.15, 0.2) is 5.69 Å². The summed E-state index contributed by atoms with van der Waals surface area (Å²) in [6.45, 7) is 0. The number of hydrogen-bond donors (Lipinski definition) is 2. The van der Waals surface area contributed by atoms with Gasteiger partial charge in [-0.05, 0) is 75.6 Å². The average molecular weight is 435 g/mol. The minimum atomic E-state index is -0.00263. The number of carbonyl (C=O) groups is 1. The predicted octanol–water partition coefficient (Wildman–Crippen LogP) is 4.23. The zero-order chi connectivity index (χ0) is 19.1. The van der Waals surface area contributed by atoms with Crippen LogP contribution < -0.4 is 10.6 Å². The monoisotopic (exact) mass is 434 g/mol. The summed E-state index contributed by atoms with van der Waals surface area (Å²) in [5.74, 6) is -0.00263. The van der Waals surface area contributed by atoms with Crippen molar-refractivity contribution in [3.05, 3.63) is 46.2 Å². The van der Waals surface area contributed by atoms with Gasteiger partial charge in [-0.15, -0.1) is 12.4 Å². The van der Waals surface area contributed by atoms with E-state index in [9.17, 15) is 4.79 Å². The number of hydrogen-bond acceptors (Lipinski definition) is 3. The first kappa shape index (κ1) is 20.7. The standard InChI is InChI=1S/C22H27ClN4O.ClH/c23-14-6-10-18(11-7-14)27-20-5-3-1-2-4-19(20)21(26-27)22(28)25-17-12-15-8-9-16(13-17)24-15;/h6-7,10-11,15-17,24H,1-5,8-9,12-13H2,(H,25,28);1H. The van der Waals surface area contributed by atoms with Crippen LogP contribution in [-0.4, -0.2) is 33.8 Å². The average Bonchev–Trinajstić information content (AvgIpc) is 3.12. The van der Waals surface area contributed by atoms with Crippen molar-refractivity contribution < 1.29 is 4.79 Å². The molecule has 1 aliphatic carbocycles. The third-order valence-electron chi connectivity index (χ3n) is 6.52. The van der Waals surface area contributed by atoms with E-state index in [-0.39, 0.29) is 24.4 Å². The van der Waals surface area contributed by atoms with Crippen LogP contribution in [0.5, 0.6) is 0 Å². The minimum Gasteiger partial charge on any atom is -0.348 e. The van der Waals surface area contributed by atoms with Gasteiger partial charge in [-0.2, -0.15) is 5.10 Å². The number of benzene rings is 1. The molecule has 2 N–H and O–H groups in total. The molecule has 3 aliphatic rings. The lowest BCUT2D eigenvalue weighted by Crippen LogP contribution is -2.48. The van der Waals surface area contributed by atoms with Gasteiger partial charge in [0.1, 0.15) is 0 Å². The van der Waals surface area contributed by atoms with E-state index in [0.29, 0.717) is 22.8 Å². The molecule has 5 nitrogen and oxygen atoms in total. The van der Waals surface area contributed by atoms with Gasteiger partial charge in [-0.3, -0.25) is 4.79 Å². The van der Waals surface area contributed by atoms with Crippen LogP contribution in [0.3, 0.4) is 0 Å². The van der Waals surface area contributed by atoms with Crippen molar-refractivity contribution >= 4 is 29.9 Å². The molecule has 5 rings (SSSR count). The van der Waals surface area contributed by atoms with Crippen molar-refractivity contribution in [1.82, 2.24) is 20.4 Å². The summed E-state index contributed by atoms with van der Waals surface area (Å²) in [4.78, 5) is 13.2. The van der Waals surface area contributed by atoms with Crippen LogP contribution in [0.25, 0.3) is 5.69 Å². The molecule has 2 aromatic rings. The van der Waals surface area contributed by atoms with Crippen LogP contribution in [0.2, 0.25) is 5.02 Å². The summed E-state index contributed by atoms with van der Waals surface area (Å²) in [6.07, 6.45) is 9.90. The lowest BCUT2D eigenvalue weighted by Gasteiger charge is -2.29. The van der Waals surface area contributed by atoms with Gasteiger partial charge in [0.2, 0.25) is 0 Å². The molecule has 0 radical (unpaired) electrons. The van der Waals surface area contributed by atoms with Crippen LogP contribution >= 0.6 is 24.0 Å². The molecule has 2 unspecified atom stereocenters. The first-order valence-corrected chi connectivity index (χ1v) is 11.0. The Morgan fingerprint density at radius 3 is 2.48 bits per heavy atom. The number of fused-ring (bicyclic) bond motifs is 3. The highest BCUT2D eigenvalue weighted by molar-refractivity contribution is 6.30. The second-order valence-corrected chi connectivity index (χ2v) is 8.94. The van der Waals surface area contributed by atoms with Gasteiger partial charge in [0.25, 0.3) is 5.91 Å². The fourth-order valence-corrected chi connectivity index (χ4v) is 5.31. The predicted molar refractivity (Wildman–Crippen MR) is 118 cm³/mol.